The molecular formula is C18H23N3O2. The summed E-state index contributed by atoms with van der Waals surface area (Å²) >= 11 is 0. The molecule has 0 atom stereocenters. The number of hydrogen-bond acceptors (Lipinski definition) is 5. The van der Waals surface area contributed by atoms with Gasteiger partial charge in [0.25, 0.3) is 0 Å². The van der Waals surface area contributed by atoms with E-state index < -0.39 is 0 Å². The van der Waals surface area contributed by atoms with E-state index in [0.717, 1.165) is 55.2 Å². The Morgan fingerprint density at radius 3 is 2.57 bits per heavy atom. The number of hydrogen-bond donors (Lipinski definition) is 1. The van der Waals surface area contributed by atoms with Crippen LogP contribution in [0.15, 0.2) is 36.4 Å². The predicted molar refractivity (Wildman–Crippen MR) is 90.7 cm³/mol. The Morgan fingerprint density at radius 1 is 1.13 bits per heavy atom. The largest absolute Gasteiger partial charge is 0.496 e. The lowest BCUT2D eigenvalue weighted by atomic mass is 9.94. The van der Waals surface area contributed by atoms with Crippen LogP contribution in [0, 0.1) is 5.92 Å². The highest BCUT2D eigenvalue weighted by molar-refractivity contribution is 5.67. The van der Waals surface area contributed by atoms with Crippen LogP contribution in [-0.2, 0) is 0 Å². The molecule has 0 spiro atoms. The summed E-state index contributed by atoms with van der Waals surface area (Å²) in [5.74, 6) is 2.36. The molecule has 23 heavy (non-hydrogen) atoms. The summed E-state index contributed by atoms with van der Waals surface area (Å²) in [6.45, 7) is 2.25. The standard InChI is InChI=1S/C18H23N3O2/c1-23-17-5-3-2-4-15(17)16-6-7-18(20-19-16)21-11-8-14(9-12-21)10-13-22/h2-7,14,22H,8-13H2,1H3. The van der Waals surface area contributed by atoms with E-state index in [2.05, 4.69) is 15.1 Å². The monoisotopic (exact) mass is 313 g/mol. The molecule has 0 saturated carbocycles. The third-order valence-corrected chi connectivity index (χ3v) is 4.51. The van der Waals surface area contributed by atoms with E-state index in [1.165, 1.54) is 0 Å². The van der Waals surface area contributed by atoms with Crippen molar-refractivity contribution in [2.45, 2.75) is 19.3 Å². The SMILES string of the molecule is COc1ccccc1-c1ccc(N2CCC(CCO)CC2)nn1. The number of aliphatic hydroxyl groups is 1. The number of aromatic nitrogens is 2. The molecule has 0 bridgehead atoms. The summed E-state index contributed by atoms with van der Waals surface area (Å²) in [7, 11) is 1.66. The lowest BCUT2D eigenvalue weighted by Crippen LogP contribution is -2.34. The van der Waals surface area contributed by atoms with E-state index in [1.54, 1.807) is 7.11 Å². The maximum absolute atomic E-state index is 9.04. The number of piperidine rings is 1. The van der Waals surface area contributed by atoms with Gasteiger partial charge in [-0.1, -0.05) is 12.1 Å². The fraction of sp³-hybridized carbons (Fsp3) is 0.444. The van der Waals surface area contributed by atoms with E-state index in [0.29, 0.717) is 5.92 Å². The van der Waals surface area contributed by atoms with Gasteiger partial charge < -0.3 is 14.7 Å². The minimum atomic E-state index is 0.290. The zero-order valence-electron chi connectivity index (χ0n) is 13.5. The fourth-order valence-electron chi connectivity index (χ4n) is 3.13. The van der Waals surface area contributed by atoms with Crippen molar-refractivity contribution >= 4 is 5.82 Å². The molecule has 1 aromatic heterocycles. The Hall–Kier alpha value is -2.14. The first kappa shape index (κ1) is 15.7. The van der Waals surface area contributed by atoms with Crippen molar-refractivity contribution in [2.75, 3.05) is 31.7 Å². The van der Waals surface area contributed by atoms with E-state index in [9.17, 15) is 0 Å². The van der Waals surface area contributed by atoms with Gasteiger partial charge in [0, 0.05) is 25.3 Å². The Morgan fingerprint density at radius 2 is 1.91 bits per heavy atom. The van der Waals surface area contributed by atoms with E-state index in [-0.39, 0.29) is 6.61 Å². The Balaban J connectivity index is 1.70. The van der Waals surface area contributed by atoms with Gasteiger partial charge >= 0.3 is 0 Å². The summed E-state index contributed by atoms with van der Waals surface area (Å²) in [6.07, 6.45) is 3.12. The molecule has 5 heteroatoms. The number of anilines is 1. The van der Waals surface area contributed by atoms with Crippen molar-refractivity contribution in [1.29, 1.82) is 0 Å². The first-order chi connectivity index (χ1) is 11.3. The van der Waals surface area contributed by atoms with Crippen LogP contribution < -0.4 is 9.64 Å². The van der Waals surface area contributed by atoms with Gasteiger partial charge in [-0.05, 0) is 49.4 Å². The van der Waals surface area contributed by atoms with Crippen molar-refractivity contribution in [3.63, 3.8) is 0 Å². The van der Waals surface area contributed by atoms with Crippen LogP contribution in [0.3, 0.4) is 0 Å². The molecule has 0 unspecified atom stereocenters. The minimum Gasteiger partial charge on any atom is -0.496 e. The Bertz CT molecular complexity index is 622. The molecule has 1 N–H and O–H groups in total. The highest BCUT2D eigenvalue weighted by Gasteiger charge is 2.20. The summed E-state index contributed by atoms with van der Waals surface area (Å²) < 4.78 is 5.38. The molecule has 2 heterocycles. The maximum Gasteiger partial charge on any atom is 0.151 e. The van der Waals surface area contributed by atoms with Crippen LogP contribution in [0.1, 0.15) is 19.3 Å². The predicted octanol–water partition coefficient (Wildman–Crippen LogP) is 2.75. The second-order valence-corrected chi connectivity index (χ2v) is 5.92. The van der Waals surface area contributed by atoms with E-state index in [1.807, 2.05) is 36.4 Å². The summed E-state index contributed by atoms with van der Waals surface area (Å²) in [5.41, 5.74) is 1.78. The van der Waals surface area contributed by atoms with Crippen LogP contribution in [0.5, 0.6) is 5.75 Å². The molecular weight excluding hydrogens is 290 g/mol. The van der Waals surface area contributed by atoms with Crippen molar-refractivity contribution in [2.24, 2.45) is 5.92 Å². The van der Waals surface area contributed by atoms with Gasteiger partial charge in [-0.2, -0.15) is 0 Å². The number of ether oxygens (including phenoxy) is 1. The normalized spacial score (nSPS) is 15.7. The van der Waals surface area contributed by atoms with Crippen molar-refractivity contribution in [3.05, 3.63) is 36.4 Å². The van der Waals surface area contributed by atoms with E-state index in [4.69, 9.17) is 9.84 Å². The molecule has 0 radical (unpaired) electrons. The zero-order valence-corrected chi connectivity index (χ0v) is 13.5. The smallest absolute Gasteiger partial charge is 0.151 e. The van der Waals surface area contributed by atoms with Crippen molar-refractivity contribution < 1.29 is 9.84 Å². The topological polar surface area (TPSA) is 58.5 Å². The van der Waals surface area contributed by atoms with Crippen molar-refractivity contribution in [3.8, 4) is 17.0 Å². The van der Waals surface area contributed by atoms with Crippen LogP contribution >= 0.6 is 0 Å². The molecule has 3 rings (SSSR count). The molecule has 1 saturated heterocycles. The van der Waals surface area contributed by atoms with E-state index >= 15 is 0 Å². The summed E-state index contributed by atoms with van der Waals surface area (Å²) in [6, 6.07) is 11.9. The van der Waals surface area contributed by atoms with Gasteiger partial charge in [0.1, 0.15) is 5.75 Å². The molecule has 0 amide bonds. The first-order valence-electron chi connectivity index (χ1n) is 8.14. The number of nitrogens with zero attached hydrogens (tertiary/aromatic N) is 3. The highest BCUT2D eigenvalue weighted by Crippen LogP contribution is 2.29. The second kappa shape index (κ2) is 7.42. The highest BCUT2D eigenvalue weighted by atomic mass is 16.5. The van der Waals surface area contributed by atoms with Crippen LogP contribution in [-0.4, -0.2) is 42.1 Å². The van der Waals surface area contributed by atoms with Gasteiger partial charge in [-0.3, -0.25) is 0 Å². The lowest BCUT2D eigenvalue weighted by Gasteiger charge is -2.32. The van der Waals surface area contributed by atoms with Gasteiger partial charge in [0.15, 0.2) is 5.82 Å². The average Bonchev–Trinajstić information content (AvgIpc) is 2.63. The Kier molecular flexibility index (Phi) is 5.08. The van der Waals surface area contributed by atoms with Gasteiger partial charge in [-0.25, -0.2) is 0 Å². The third kappa shape index (κ3) is 3.62. The van der Waals surface area contributed by atoms with Crippen LogP contribution in [0.25, 0.3) is 11.3 Å². The molecule has 1 fully saturated rings. The summed E-state index contributed by atoms with van der Waals surface area (Å²) in [4.78, 5) is 2.27. The number of methoxy groups -OCH3 is 1. The van der Waals surface area contributed by atoms with Crippen molar-refractivity contribution in [1.82, 2.24) is 10.2 Å². The lowest BCUT2D eigenvalue weighted by molar-refractivity contribution is 0.240. The third-order valence-electron chi connectivity index (χ3n) is 4.51. The minimum absolute atomic E-state index is 0.290. The molecule has 1 aliphatic heterocycles. The molecule has 5 nitrogen and oxygen atoms in total. The number of benzene rings is 1. The van der Waals surface area contributed by atoms with Crippen LogP contribution in [0.2, 0.25) is 0 Å². The van der Waals surface area contributed by atoms with Gasteiger partial charge in [0.05, 0.1) is 12.8 Å². The molecule has 122 valence electrons. The average molecular weight is 313 g/mol. The molecule has 2 aromatic rings. The molecule has 1 aliphatic rings. The zero-order chi connectivity index (χ0) is 16.1. The molecule has 1 aromatic carbocycles. The van der Waals surface area contributed by atoms with Crippen LogP contribution in [0.4, 0.5) is 5.82 Å². The number of aliphatic hydroxyl groups excluding tert-OH is 1. The fourth-order valence-corrected chi connectivity index (χ4v) is 3.13. The number of rotatable bonds is 5. The first-order valence-corrected chi connectivity index (χ1v) is 8.14. The number of para-hydroxylation sites is 1. The summed E-state index contributed by atoms with van der Waals surface area (Å²) in [5, 5.41) is 17.8. The maximum atomic E-state index is 9.04. The molecule has 0 aliphatic carbocycles. The van der Waals surface area contributed by atoms with Gasteiger partial charge in [0.2, 0.25) is 0 Å². The van der Waals surface area contributed by atoms with Gasteiger partial charge in [-0.15, -0.1) is 10.2 Å². The second-order valence-electron chi connectivity index (χ2n) is 5.92. The Labute approximate surface area is 136 Å². The quantitative estimate of drug-likeness (QED) is 0.920.